The van der Waals surface area contributed by atoms with Crippen LogP contribution in [-0.4, -0.2) is 32.3 Å². The Hall–Kier alpha value is -2.20. The van der Waals surface area contributed by atoms with Gasteiger partial charge in [-0.1, -0.05) is 29.8 Å². The molecule has 4 nitrogen and oxygen atoms in total. The molecule has 122 valence electrons. The van der Waals surface area contributed by atoms with Gasteiger partial charge >= 0.3 is 5.97 Å². The molecule has 0 bridgehead atoms. The summed E-state index contributed by atoms with van der Waals surface area (Å²) < 4.78 is 5.12. The molecule has 0 aliphatic rings. The summed E-state index contributed by atoms with van der Waals surface area (Å²) in [4.78, 5) is 13.7. The molecule has 0 radical (unpaired) electrons. The fraction of sp³-hybridized carbons (Fsp3) is 0.278. The lowest BCUT2D eigenvalue weighted by Gasteiger charge is -2.17. The maximum absolute atomic E-state index is 11.7. The van der Waals surface area contributed by atoms with Crippen LogP contribution in [0, 0.1) is 0 Å². The lowest BCUT2D eigenvalue weighted by Crippen LogP contribution is -2.15. The van der Waals surface area contributed by atoms with E-state index in [9.17, 15) is 9.90 Å². The van der Waals surface area contributed by atoms with Gasteiger partial charge in [-0.3, -0.25) is 4.79 Å². The number of anilines is 1. The van der Waals surface area contributed by atoms with E-state index in [4.69, 9.17) is 16.3 Å². The van der Waals surface area contributed by atoms with Crippen LogP contribution >= 0.6 is 11.6 Å². The smallest absolute Gasteiger partial charge is 0.311 e. The number of rotatable bonds is 6. The van der Waals surface area contributed by atoms with Gasteiger partial charge in [0.2, 0.25) is 0 Å². The normalized spacial score (nSPS) is 11.8. The Morgan fingerprint density at radius 3 is 2.57 bits per heavy atom. The number of carbonyl (C=O) groups is 1. The van der Waals surface area contributed by atoms with Gasteiger partial charge in [-0.05, 0) is 41.8 Å². The molecule has 0 aliphatic carbocycles. The maximum Gasteiger partial charge on any atom is 0.311 e. The molecule has 0 saturated heterocycles. The van der Waals surface area contributed by atoms with Gasteiger partial charge in [-0.2, -0.15) is 0 Å². The molecule has 2 aromatic carbocycles. The average molecular weight is 334 g/mol. The second-order valence-corrected chi connectivity index (χ2v) is 5.96. The summed E-state index contributed by atoms with van der Waals surface area (Å²) in [5.74, 6) is -0.994. The van der Waals surface area contributed by atoms with Crippen LogP contribution in [0.4, 0.5) is 5.69 Å². The highest BCUT2D eigenvalue weighted by atomic mass is 35.5. The van der Waals surface area contributed by atoms with Gasteiger partial charge in [0.25, 0.3) is 0 Å². The predicted octanol–water partition coefficient (Wildman–Crippen LogP) is 3.83. The van der Waals surface area contributed by atoms with Crippen LogP contribution in [0.5, 0.6) is 5.75 Å². The van der Waals surface area contributed by atoms with E-state index < -0.39 is 11.9 Å². The van der Waals surface area contributed by atoms with Gasteiger partial charge in [0.1, 0.15) is 5.75 Å². The van der Waals surface area contributed by atoms with Crippen molar-refractivity contribution in [1.82, 2.24) is 0 Å². The highest BCUT2D eigenvalue weighted by Crippen LogP contribution is 2.30. The van der Waals surface area contributed by atoms with E-state index in [0.29, 0.717) is 22.8 Å². The first kappa shape index (κ1) is 17.2. The minimum Gasteiger partial charge on any atom is -0.495 e. The van der Waals surface area contributed by atoms with Gasteiger partial charge in [-0.25, -0.2) is 0 Å². The second-order valence-electron chi connectivity index (χ2n) is 5.55. The van der Waals surface area contributed by atoms with Gasteiger partial charge in [0.15, 0.2) is 0 Å². The molecule has 23 heavy (non-hydrogen) atoms. The molecular formula is C18H20ClNO3. The SMILES string of the molecule is COc1ccc(C(Cc2cccc(N(C)C)c2)C(=O)O)cc1Cl. The molecule has 0 spiro atoms. The zero-order valence-electron chi connectivity index (χ0n) is 13.4. The zero-order valence-corrected chi connectivity index (χ0v) is 14.2. The van der Waals surface area contributed by atoms with Gasteiger partial charge in [0, 0.05) is 19.8 Å². The molecule has 0 heterocycles. The molecule has 5 heteroatoms. The van der Waals surface area contributed by atoms with Crippen molar-refractivity contribution in [2.45, 2.75) is 12.3 Å². The first-order valence-corrected chi connectivity index (χ1v) is 7.62. The predicted molar refractivity (Wildman–Crippen MR) is 92.9 cm³/mol. The summed E-state index contributed by atoms with van der Waals surface area (Å²) in [7, 11) is 5.44. The van der Waals surface area contributed by atoms with Crippen molar-refractivity contribution < 1.29 is 14.6 Å². The Kier molecular flexibility index (Phi) is 5.50. The van der Waals surface area contributed by atoms with E-state index in [2.05, 4.69) is 0 Å². The summed E-state index contributed by atoms with van der Waals surface area (Å²) in [6, 6.07) is 13.0. The number of methoxy groups -OCH3 is 1. The summed E-state index contributed by atoms with van der Waals surface area (Å²) in [6.45, 7) is 0. The lowest BCUT2D eigenvalue weighted by molar-refractivity contribution is -0.138. The number of hydrogen-bond acceptors (Lipinski definition) is 3. The molecule has 1 atom stereocenters. The number of nitrogens with zero attached hydrogens (tertiary/aromatic N) is 1. The van der Waals surface area contributed by atoms with Gasteiger partial charge in [0.05, 0.1) is 18.1 Å². The Bertz CT molecular complexity index is 700. The van der Waals surface area contributed by atoms with Crippen LogP contribution < -0.4 is 9.64 Å². The monoisotopic (exact) mass is 333 g/mol. The minimum atomic E-state index is -0.874. The van der Waals surface area contributed by atoms with Gasteiger partial charge in [-0.15, -0.1) is 0 Å². The summed E-state index contributed by atoms with van der Waals surface area (Å²) in [5, 5.41) is 10.0. The number of carboxylic acid groups (broad SMARTS) is 1. The van der Waals surface area contributed by atoms with E-state index in [0.717, 1.165) is 11.3 Å². The highest BCUT2D eigenvalue weighted by Gasteiger charge is 2.21. The quantitative estimate of drug-likeness (QED) is 0.873. The number of halogens is 1. The maximum atomic E-state index is 11.7. The zero-order chi connectivity index (χ0) is 17.0. The van der Waals surface area contributed by atoms with E-state index >= 15 is 0 Å². The van der Waals surface area contributed by atoms with Crippen molar-refractivity contribution in [3.8, 4) is 5.75 Å². The van der Waals surface area contributed by atoms with Crippen molar-refractivity contribution in [2.24, 2.45) is 0 Å². The van der Waals surface area contributed by atoms with Crippen LogP contribution in [0.25, 0.3) is 0 Å². The van der Waals surface area contributed by atoms with Crippen molar-refractivity contribution >= 4 is 23.3 Å². The molecule has 0 aromatic heterocycles. The third-order valence-electron chi connectivity index (χ3n) is 3.74. The van der Waals surface area contributed by atoms with Crippen molar-refractivity contribution in [2.75, 3.05) is 26.1 Å². The second kappa shape index (κ2) is 7.38. The van der Waals surface area contributed by atoms with Crippen molar-refractivity contribution in [3.05, 3.63) is 58.6 Å². The summed E-state index contributed by atoms with van der Waals surface area (Å²) in [5.41, 5.74) is 2.67. The number of hydrogen-bond donors (Lipinski definition) is 1. The number of carboxylic acids is 1. The Morgan fingerprint density at radius 2 is 2.00 bits per heavy atom. The molecule has 2 aromatic rings. The molecule has 1 unspecified atom stereocenters. The van der Waals surface area contributed by atoms with E-state index in [1.807, 2.05) is 43.3 Å². The standard InChI is InChI=1S/C18H20ClNO3/c1-20(2)14-6-4-5-12(9-14)10-15(18(21)22)13-7-8-17(23-3)16(19)11-13/h4-9,11,15H,10H2,1-3H3,(H,21,22). The fourth-order valence-electron chi connectivity index (χ4n) is 2.44. The summed E-state index contributed by atoms with van der Waals surface area (Å²) >= 11 is 6.12. The molecule has 0 amide bonds. The van der Waals surface area contributed by atoms with Crippen LogP contribution in [-0.2, 0) is 11.2 Å². The molecule has 1 N–H and O–H groups in total. The van der Waals surface area contributed by atoms with E-state index in [1.54, 1.807) is 18.2 Å². The van der Waals surface area contributed by atoms with Crippen LogP contribution in [0.2, 0.25) is 5.02 Å². The Balaban J connectivity index is 2.31. The lowest BCUT2D eigenvalue weighted by atomic mass is 9.92. The van der Waals surface area contributed by atoms with Crippen LogP contribution in [0.3, 0.4) is 0 Å². The summed E-state index contributed by atoms with van der Waals surface area (Å²) in [6.07, 6.45) is 0.402. The molecule has 2 rings (SSSR count). The van der Waals surface area contributed by atoms with Crippen molar-refractivity contribution in [1.29, 1.82) is 0 Å². The van der Waals surface area contributed by atoms with Crippen LogP contribution in [0.15, 0.2) is 42.5 Å². The van der Waals surface area contributed by atoms with E-state index in [-0.39, 0.29) is 0 Å². The van der Waals surface area contributed by atoms with Gasteiger partial charge < -0.3 is 14.7 Å². The molecule has 0 aliphatic heterocycles. The fourth-order valence-corrected chi connectivity index (χ4v) is 2.71. The number of ether oxygens (including phenoxy) is 1. The highest BCUT2D eigenvalue weighted by molar-refractivity contribution is 6.32. The Morgan fingerprint density at radius 1 is 1.26 bits per heavy atom. The largest absolute Gasteiger partial charge is 0.495 e. The number of benzene rings is 2. The molecule has 0 fully saturated rings. The van der Waals surface area contributed by atoms with E-state index in [1.165, 1.54) is 7.11 Å². The molecule has 0 saturated carbocycles. The van der Waals surface area contributed by atoms with Crippen LogP contribution in [0.1, 0.15) is 17.0 Å². The first-order chi connectivity index (χ1) is 10.9. The topological polar surface area (TPSA) is 49.8 Å². The van der Waals surface area contributed by atoms with Crippen molar-refractivity contribution in [3.63, 3.8) is 0 Å². The Labute approximate surface area is 141 Å². The minimum absolute atomic E-state index is 0.402. The average Bonchev–Trinajstić information content (AvgIpc) is 2.52. The number of aliphatic carboxylic acids is 1. The first-order valence-electron chi connectivity index (χ1n) is 7.25. The third kappa shape index (κ3) is 4.17. The third-order valence-corrected chi connectivity index (χ3v) is 4.04. The molecular weight excluding hydrogens is 314 g/mol.